The van der Waals surface area contributed by atoms with Gasteiger partial charge in [-0.05, 0) is 102 Å². The van der Waals surface area contributed by atoms with E-state index in [2.05, 4.69) is 49.1 Å². The number of aryl methyl sites for hydroxylation is 3. The molecule has 1 heterocycles. The number of carboxylic acid groups (broad SMARTS) is 1. The molecule has 0 aromatic heterocycles. The Labute approximate surface area is 224 Å². The second-order valence-corrected chi connectivity index (χ2v) is 10.1. The van der Waals surface area contributed by atoms with E-state index < -0.39 is 5.97 Å². The van der Waals surface area contributed by atoms with Gasteiger partial charge in [-0.15, -0.1) is 5.92 Å². The fourth-order valence-electron chi connectivity index (χ4n) is 5.47. The molecule has 5 heteroatoms. The van der Waals surface area contributed by atoms with Crippen LogP contribution in [0.4, 0.5) is 0 Å². The van der Waals surface area contributed by atoms with Crippen LogP contribution in [0.5, 0.6) is 11.5 Å². The van der Waals surface area contributed by atoms with Crippen LogP contribution in [0.2, 0.25) is 0 Å². The highest BCUT2D eigenvalue weighted by atomic mass is 16.5. The van der Waals surface area contributed by atoms with Gasteiger partial charge < -0.3 is 19.3 Å². The molecule has 3 aromatic carbocycles. The number of rotatable bonds is 8. The van der Waals surface area contributed by atoms with Crippen molar-refractivity contribution in [2.24, 2.45) is 0 Å². The highest BCUT2D eigenvalue weighted by Crippen LogP contribution is 2.38. The van der Waals surface area contributed by atoms with Gasteiger partial charge in [0, 0.05) is 6.42 Å². The minimum Gasteiger partial charge on any atom is -0.489 e. The summed E-state index contributed by atoms with van der Waals surface area (Å²) in [4.78, 5) is 11.2. The van der Waals surface area contributed by atoms with Gasteiger partial charge in [0.25, 0.3) is 0 Å². The van der Waals surface area contributed by atoms with Gasteiger partial charge in [-0.3, -0.25) is 4.79 Å². The number of fused-ring (bicyclic) bond motifs is 3. The van der Waals surface area contributed by atoms with E-state index >= 15 is 0 Å². The fourth-order valence-corrected chi connectivity index (χ4v) is 5.47. The zero-order valence-electron chi connectivity index (χ0n) is 22.1. The molecule has 0 bridgehead atoms. The van der Waals surface area contributed by atoms with Crippen molar-refractivity contribution in [3.8, 4) is 34.5 Å². The second-order valence-electron chi connectivity index (χ2n) is 10.1. The maximum atomic E-state index is 11.2. The first kappa shape index (κ1) is 25.9. The molecular weight excluding hydrogens is 476 g/mol. The Morgan fingerprint density at radius 3 is 2.63 bits per heavy atom. The van der Waals surface area contributed by atoms with E-state index in [0.717, 1.165) is 54.9 Å². The first-order valence-electron chi connectivity index (χ1n) is 13.4. The van der Waals surface area contributed by atoms with E-state index in [-0.39, 0.29) is 18.4 Å². The first-order chi connectivity index (χ1) is 18.5. The lowest BCUT2D eigenvalue weighted by molar-refractivity contribution is -0.137. The molecule has 2 aliphatic rings. The topological polar surface area (TPSA) is 65.0 Å². The Kier molecular flexibility index (Phi) is 8.00. The molecule has 3 aromatic rings. The van der Waals surface area contributed by atoms with E-state index in [9.17, 15) is 9.90 Å². The zero-order valence-corrected chi connectivity index (χ0v) is 22.1. The molecule has 2 atom stereocenters. The summed E-state index contributed by atoms with van der Waals surface area (Å²) in [5.74, 6) is 6.34. The fraction of sp³-hybridized carbons (Fsp3) is 0.364. The minimum atomic E-state index is -0.856. The quantitative estimate of drug-likeness (QED) is 0.352. The molecule has 1 aliphatic carbocycles. The second kappa shape index (κ2) is 11.8. The van der Waals surface area contributed by atoms with Crippen LogP contribution in [-0.4, -0.2) is 30.4 Å². The van der Waals surface area contributed by atoms with E-state index in [1.165, 1.54) is 27.8 Å². The third-order valence-corrected chi connectivity index (χ3v) is 7.30. The zero-order chi connectivity index (χ0) is 26.5. The Balaban J connectivity index is 1.33. The summed E-state index contributed by atoms with van der Waals surface area (Å²) in [7, 11) is 0. The van der Waals surface area contributed by atoms with Crippen molar-refractivity contribution in [3.63, 3.8) is 0 Å². The van der Waals surface area contributed by atoms with E-state index in [1.807, 2.05) is 24.3 Å². The summed E-state index contributed by atoms with van der Waals surface area (Å²) >= 11 is 0. The van der Waals surface area contributed by atoms with Gasteiger partial charge in [0.1, 0.15) is 24.2 Å². The molecule has 0 amide bonds. The summed E-state index contributed by atoms with van der Waals surface area (Å²) in [5, 5.41) is 9.18. The third kappa shape index (κ3) is 6.03. The number of hydrogen-bond donors (Lipinski definition) is 1. The van der Waals surface area contributed by atoms with Crippen LogP contribution in [0.1, 0.15) is 59.9 Å². The van der Waals surface area contributed by atoms with Crippen molar-refractivity contribution >= 4 is 5.97 Å². The molecule has 0 saturated carbocycles. The molecule has 38 heavy (non-hydrogen) atoms. The standard InChI is InChI=1S/C33H34O5/c1-3-5-26(19-32(34)35)24-10-12-28(13-11-24)37-20-23-8-9-25-6-4-7-27-18-30(38-29-14-15-36-21-29)16-22(2)33(27)31(25)17-23/h8-13,16-18,26,29H,4,6-7,14-15,19-21H2,1-2H3,(H,34,35)/t26-,29+/m0/s1. The molecule has 1 aliphatic heterocycles. The summed E-state index contributed by atoms with van der Waals surface area (Å²) in [6.07, 6.45) is 4.28. The normalized spacial score (nSPS) is 16.8. The maximum Gasteiger partial charge on any atom is 0.304 e. The average Bonchev–Trinajstić information content (AvgIpc) is 3.33. The maximum absolute atomic E-state index is 11.2. The van der Waals surface area contributed by atoms with Crippen LogP contribution in [-0.2, 0) is 29.0 Å². The van der Waals surface area contributed by atoms with Gasteiger partial charge in [0.15, 0.2) is 0 Å². The predicted molar refractivity (Wildman–Crippen MR) is 148 cm³/mol. The molecule has 5 nitrogen and oxygen atoms in total. The number of carboxylic acids is 1. The van der Waals surface area contributed by atoms with Crippen molar-refractivity contribution in [3.05, 3.63) is 82.4 Å². The van der Waals surface area contributed by atoms with Gasteiger partial charge in [-0.2, -0.15) is 0 Å². The van der Waals surface area contributed by atoms with E-state index in [1.54, 1.807) is 6.92 Å². The van der Waals surface area contributed by atoms with Crippen LogP contribution < -0.4 is 9.47 Å². The molecule has 5 rings (SSSR count). The number of hydrogen-bond acceptors (Lipinski definition) is 4. The molecular formula is C33H34O5. The van der Waals surface area contributed by atoms with Gasteiger partial charge in [-0.25, -0.2) is 0 Å². The van der Waals surface area contributed by atoms with Crippen molar-refractivity contribution in [1.82, 2.24) is 0 Å². The van der Waals surface area contributed by atoms with Gasteiger partial charge in [0.05, 0.1) is 25.6 Å². The molecule has 1 saturated heterocycles. The largest absolute Gasteiger partial charge is 0.489 e. The van der Waals surface area contributed by atoms with E-state index in [4.69, 9.17) is 14.2 Å². The van der Waals surface area contributed by atoms with Crippen LogP contribution in [0.3, 0.4) is 0 Å². The average molecular weight is 511 g/mol. The SMILES string of the molecule is CC#C[C@@H](CC(=O)O)c1ccc(OCc2ccc3c(c2)-c2c(C)cc(O[C@@H]4CCOC4)cc2CCC3)cc1. The van der Waals surface area contributed by atoms with Crippen LogP contribution in [0, 0.1) is 18.8 Å². The molecule has 0 radical (unpaired) electrons. The molecule has 0 unspecified atom stereocenters. The molecule has 1 fully saturated rings. The summed E-state index contributed by atoms with van der Waals surface area (Å²) in [6.45, 7) is 5.80. The Morgan fingerprint density at radius 1 is 1.08 bits per heavy atom. The molecule has 0 spiro atoms. The monoisotopic (exact) mass is 510 g/mol. The lowest BCUT2D eigenvalue weighted by Crippen LogP contribution is -2.16. The van der Waals surface area contributed by atoms with Crippen molar-refractivity contribution in [2.75, 3.05) is 13.2 Å². The molecule has 196 valence electrons. The summed E-state index contributed by atoms with van der Waals surface area (Å²) in [6, 6.07) is 18.6. The number of aliphatic carboxylic acids is 1. The summed E-state index contributed by atoms with van der Waals surface area (Å²) < 4.78 is 17.8. The Morgan fingerprint density at radius 2 is 1.89 bits per heavy atom. The van der Waals surface area contributed by atoms with Gasteiger partial charge >= 0.3 is 5.97 Å². The minimum absolute atomic E-state index is 0.0142. The summed E-state index contributed by atoms with van der Waals surface area (Å²) in [5.41, 5.74) is 8.56. The van der Waals surface area contributed by atoms with Crippen LogP contribution >= 0.6 is 0 Å². The molecule has 1 N–H and O–H groups in total. The van der Waals surface area contributed by atoms with Crippen molar-refractivity contribution in [2.45, 2.75) is 64.6 Å². The van der Waals surface area contributed by atoms with Gasteiger partial charge in [0.2, 0.25) is 0 Å². The lowest BCUT2D eigenvalue weighted by atomic mass is 9.91. The highest BCUT2D eigenvalue weighted by Gasteiger charge is 2.21. The Bertz CT molecular complexity index is 1360. The first-order valence-corrected chi connectivity index (χ1v) is 13.4. The van der Waals surface area contributed by atoms with Crippen molar-refractivity contribution < 1.29 is 24.1 Å². The third-order valence-electron chi connectivity index (χ3n) is 7.30. The smallest absolute Gasteiger partial charge is 0.304 e. The van der Waals surface area contributed by atoms with Crippen LogP contribution in [0.15, 0.2) is 54.6 Å². The number of carbonyl (C=O) groups is 1. The number of benzene rings is 3. The van der Waals surface area contributed by atoms with E-state index in [0.29, 0.717) is 13.2 Å². The highest BCUT2D eigenvalue weighted by molar-refractivity contribution is 5.76. The lowest BCUT2D eigenvalue weighted by Gasteiger charge is -2.18. The Hall–Kier alpha value is -3.75. The predicted octanol–water partition coefficient (Wildman–Crippen LogP) is 6.48. The number of ether oxygens (including phenoxy) is 3. The van der Waals surface area contributed by atoms with Crippen LogP contribution in [0.25, 0.3) is 11.1 Å². The van der Waals surface area contributed by atoms with Crippen molar-refractivity contribution in [1.29, 1.82) is 0 Å². The van der Waals surface area contributed by atoms with Gasteiger partial charge in [-0.1, -0.05) is 30.2 Å².